The third kappa shape index (κ3) is 3.72. The highest BCUT2D eigenvalue weighted by Gasteiger charge is 2.27. The van der Waals surface area contributed by atoms with Crippen LogP contribution in [-0.4, -0.2) is 34.3 Å². The molecule has 0 saturated carbocycles. The molecule has 0 aliphatic heterocycles. The normalized spacial score (nSPS) is 16.6. The van der Waals surface area contributed by atoms with Crippen molar-refractivity contribution in [3.63, 3.8) is 0 Å². The van der Waals surface area contributed by atoms with Gasteiger partial charge in [-0.3, -0.25) is 4.79 Å². The highest BCUT2D eigenvalue weighted by molar-refractivity contribution is 5.77. The largest absolute Gasteiger partial charge is 0.480 e. The Morgan fingerprint density at radius 3 is 2.57 bits per heavy atom. The highest BCUT2D eigenvalue weighted by Crippen LogP contribution is 2.30. The molecule has 114 valence electrons. The summed E-state index contributed by atoms with van der Waals surface area (Å²) in [5.41, 5.74) is 7.60. The number of nitrogens with two attached hydrogens (primary N) is 1. The molecule has 2 atom stereocenters. The SMILES string of the molecule is NC(CC(Oc1cccc2c1CCCC2)C(=O)O)C(=O)O. The molecule has 2 rings (SSSR count). The van der Waals surface area contributed by atoms with E-state index in [0.717, 1.165) is 31.2 Å². The van der Waals surface area contributed by atoms with E-state index >= 15 is 0 Å². The van der Waals surface area contributed by atoms with Gasteiger partial charge >= 0.3 is 11.9 Å². The van der Waals surface area contributed by atoms with E-state index in [-0.39, 0.29) is 6.42 Å². The number of rotatable bonds is 6. The molecule has 1 aliphatic rings. The number of ether oxygens (including phenoxy) is 1. The number of benzene rings is 1. The summed E-state index contributed by atoms with van der Waals surface area (Å²) in [6.07, 6.45) is 2.43. The molecule has 0 radical (unpaired) electrons. The zero-order valence-corrected chi connectivity index (χ0v) is 11.6. The second kappa shape index (κ2) is 6.58. The average molecular weight is 293 g/mol. The van der Waals surface area contributed by atoms with Gasteiger partial charge in [-0.2, -0.15) is 0 Å². The Morgan fingerprint density at radius 1 is 1.19 bits per heavy atom. The number of carbonyl (C=O) groups is 2. The third-order valence-electron chi connectivity index (χ3n) is 3.68. The maximum absolute atomic E-state index is 11.3. The molecule has 2 unspecified atom stereocenters. The maximum Gasteiger partial charge on any atom is 0.344 e. The number of aryl methyl sites for hydroxylation is 1. The van der Waals surface area contributed by atoms with Gasteiger partial charge in [-0.15, -0.1) is 0 Å². The summed E-state index contributed by atoms with van der Waals surface area (Å²) in [7, 11) is 0. The van der Waals surface area contributed by atoms with Crippen LogP contribution in [0, 0.1) is 0 Å². The van der Waals surface area contributed by atoms with Crippen LogP contribution in [0.25, 0.3) is 0 Å². The van der Waals surface area contributed by atoms with E-state index in [2.05, 4.69) is 0 Å². The van der Waals surface area contributed by atoms with Crippen LogP contribution in [0.5, 0.6) is 5.75 Å². The van der Waals surface area contributed by atoms with Gasteiger partial charge < -0.3 is 20.7 Å². The van der Waals surface area contributed by atoms with Crippen molar-refractivity contribution in [2.75, 3.05) is 0 Å². The molecule has 21 heavy (non-hydrogen) atoms. The summed E-state index contributed by atoms with van der Waals surface area (Å²) in [6.45, 7) is 0. The summed E-state index contributed by atoms with van der Waals surface area (Å²) < 4.78 is 5.55. The Morgan fingerprint density at radius 2 is 1.90 bits per heavy atom. The van der Waals surface area contributed by atoms with Crippen LogP contribution < -0.4 is 10.5 Å². The van der Waals surface area contributed by atoms with Gasteiger partial charge in [-0.05, 0) is 42.9 Å². The van der Waals surface area contributed by atoms with E-state index in [1.165, 1.54) is 5.56 Å². The van der Waals surface area contributed by atoms with Crippen molar-refractivity contribution in [3.8, 4) is 5.75 Å². The van der Waals surface area contributed by atoms with Crippen molar-refractivity contribution >= 4 is 11.9 Å². The molecule has 0 bridgehead atoms. The minimum absolute atomic E-state index is 0.270. The van der Waals surface area contributed by atoms with Gasteiger partial charge in [0.1, 0.15) is 11.8 Å². The first-order chi connectivity index (χ1) is 9.99. The molecule has 1 aromatic rings. The van der Waals surface area contributed by atoms with Crippen LogP contribution in [0.2, 0.25) is 0 Å². The lowest BCUT2D eigenvalue weighted by Crippen LogP contribution is -2.39. The van der Waals surface area contributed by atoms with Gasteiger partial charge in [0.05, 0.1) is 0 Å². The lowest BCUT2D eigenvalue weighted by Gasteiger charge is -2.23. The molecule has 0 fully saturated rings. The van der Waals surface area contributed by atoms with E-state index < -0.39 is 24.1 Å². The Kier molecular flexibility index (Phi) is 4.80. The lowest BCUT2D eigenvalue weighted by molar-refractivity contribution is -0.147. The predicted molar refractivity (Wildman–Crippen MR) is 75.4 cm³/mol. The van der Waals surface area contributed by atoms with Crippen LogP contribution in [0.15, 0.2) is 18.2 Å². The Hall–Kier alpha value is -2.08. The number of aliphatic carboxylic acids is 2. The molecule has 1 aliphatic carbocycles. The number of carboxylic acids is 2. The first-order valence-electron chi connectivity index (χ1n) is 6.97. The average Bonchev–Trinajstić information content (AvgIpc) is 2.46. The first kappa shape index (κ1) is 15.3. The fourth-order valence-corrected chi connectivity index (χ4v) is 2.54. The zero-order valence-electron chi connectivity index (χ0n) is 11.6. The fraction of sp³-hybridized carbons (Fsp3) is 0.467. The first-order valence-corrected chi connectivity index (χ1v) is 6.97. The molecular weight excluding hydrogens is 274 g/mol. The molecule has 0 spiro atoms. The van der Waals surface area contributed by atoms with Crippen LogP contribution in [0.1, 0.15) is 30.4 Å². The number of hydrogen-bond acceptors (Lipinski definition) is 4. The molecule has 4 N–H and O–H groups in total. The van der Waals surface area contributed by atoms with Crippen LogP contribution in [-0.2, 0) is 22.4 Å². The summed E-state index contributed by atoms with van der Waals surface area (Å²) in [5, 5.41) is 18.0. The quantitative estimate of drug-likeness (QED) is 0.727. The topological polar surface area (TPSA) is 110 Å². The molecule has 6 nitrogen and oxygen atoms in total. The minimum atomic E-state index is -1.26. The highest BCUT2D eigenvalue weighted by atomic mass is 16.5. The Bertz CT molecular complexity index is 543. The molecule has 0 aromatic heterocycles. The van der Waals surface area contributed by atoms with Gasteiger partial charge in [0.15, 0.2) is 6.10 Å². The standard InChI is InChI=1S/C15H19NO5/c16-11(14(17)18)8-13(15(19)20)21-12-7-3-5-9-4-1-2-6-10(9)12/h3,5,7,11,13H,1-2,4,6,8,16H2,(H,17,18)(H,19,20). The molecular formula is C15H19NO5. The molecule has 0 saturated heterocycles. The maximum atomic E-state index is 11.3. The zero-order chi connectivity index (χ0) is 15.4. The van der Waals surface area contributed by atoms with Crippen molar-refractivity contribution < 1.29 is 24.5 Å². The van der Waals surface area contributed by atoms with E-state index in [1.807, 2.05) is 12.1 Å². The molecule has 6 heteroatoms. The summed E-state index contributed by atoms with van der Waals surface area (Å²) in [6, 6.07) is 4.31. The van der Waals surface area contributed by atoms with Crippen molar-refractivity contribution in [2.45, 2.75) is 44.2 Å². The smallest absolute Gasteiger partial charge is 0.344 e. The van der Waals surface area contributed by atoms with Gasteiger partial charge in [0.2, 0.25) is 0 Å². The van der Waals surface area contributed by atoms with Gasteiger partial charge in [-0.1, -0.05) is 12.1 Å². The summed E-state index contributed by atoms with van der Waals surface area (Å²) >= 11 is 0. The van der Waals surface area contributed by atoms with Crippen molar-refractivity contribution in [1.82, 2.24) is 0 Å². The number of hydrogen-bond donors (Lipinski definition) is 3. The third-order valence-corrected chi connectivity index (χ3v) is 3.68. The monoisotopic (exact) mass is 293 g/mol. The molecule has 1 aromatic carbocycles. The van der Waals surface area contributed by atoms with Crippen molar-refractivity contribution in [1.29, 1.82) is 0 Å². The second-order valence-corrected chi connectivity index (χ2v) is 5.23. The summed E-state index contributed by atoms with van der Waals surface area (Å²) in [4.78, 5) is 22.0. The van der Waals surface area contributed by atoms with Crippen molar-refractivity contribution in [2.24, 2.45) is 5.73 Å². The summed E-state index contributed by atoms with van der Waals surface area (Å²) in [5.74, 6) is -1.92. The van der Waals surface area contributed by atoms with E-state index in [0.29, 0.717) is 5.75 Å². The minimum Gasteiger partial charge on any atom is -0.480 e. The Labute approximate surface area is 122 Å². The van der Waals surface area contributed by atoms with E-state index in [1.54, 1.807) is 6.07 Å². The van der Waals surface area contributed by atoms with Gasteiger partial charge in [-0.25, -0.2) is 4.79 Å². The van der Waals surface area contributed by atoms with Crippen molar-refractivity contribution in [3.05, 3.63) is 29.3 Å². The Balaban J connectivity index is 2.17. The molecule has 0 heterocycles. The fourth-order valence-electron chi connectivity index (χ4n) is 2.54. The number of carboxylic acid groups (broad SMARTS) is 2. The lowest BCUT2D eigenvalue weighted by atomic mass is 9.91. The predicted octanol–water partition coefficient (Wildman–Crippen LogP) is 1.20. The van der Waals surface area contributed by atoms with E-state index in [9.17, 15) is 14.7 Å². The number of fused-ring (bicyclic) bond motifs is 1. The second-order valence-electron chi connectivity index (χ2n) is 5.23. The van der Waals surface area contributed by atoms with Gasteiger partial charge in [0, 0.05) is 6.42 Å². The van der Waals surface area contributed by atoms with E-state index in [4.69, 9.17) is 15.6 Å². The van der Waals surface area contributed by atoms with Crippen LogP contribution in [0.4, 0.5) is 0 Å². The van der Waals surface area contributed by atoms with Gasteiger partial charge in [0.25, 0.3) is 0 Å². The molecule has 0 amide bonds. The van der Waals surface area contributed by atoms with Crippen LogP contribution >= 0.6 is 0 Å². The van der Waals surface area contributed by atoms with Crippen LogP contribution in [0.3, 0.4) is 0 Å².